The van der Waals surface area contributed by atoms with Gasteiger partial charge in [0.2, 0.25) is 0 Å². The Hall–Kier alpha value is -3.09. The first-order chi connectivity index (χ1) is 16.9. The summed E-state index contributed by atoms with van der Waals surface area (Å²) >= 11 is 7.53. The molecular weight excluding hydrogens is 478 g/mol. The van der Waals surface area contributed by atoms with E-state index in [1.165, 1.54) is 11.8 Å². The van der Waals surface area contributed by atoms with Gasteiger partial charge in [-0.3, -0.25) is 14.2 Å². The van der Waals surface area contributed by atoms with Crippen LogP contribution in [-0.2, 0) is 12.3 Å². The van der Waals surface area contributed by atoms with Crippen molar-refractivity contribution in [2.45, 2.75) is 37.7 Å². The molecular formula is C28H28ClN3O2S. The smallest absolute Gasteiger partial charge is 0.262 e. The minimum atomic E-state index is -0.0825. The molecule has 0 aliphatic rings. The van der Waals surface area contributed by atoms with E-state index >= 15 is 0 Å². The molecule has 0 saturated heterocycles. The van der Waals surface area contributed by atoms with Gasteiger partial charge in [0.05, 0.1) is 17.4 Å². The van der Waals surface area contributed by atoms with Crippen molar-refractivity contribution in [1.29, 1.82) is 0 Å². The van der Waals surface area contributed by atoms with Gasteiger partial charge in [-0.15, -0.1) is 0 Å². The Morgan fingerprint density at radius 3 is 2.40 bits per heavy atom. The molecule has 0 fully saturated rings. The van der Waals surface area contributed by atoms with E-state index in [0.29, 0.717) is 51.4 Å². The molecule has 0 aliphatic carbocycles. The van der Waals surface area contributed by atoms with Crippen molar-refractivity contribution in [3.05, 3.63) is 105 Å². The fraction of sp³-hybridized carbons (Fsp3) is 0.250. The predicted octanol–water partition coefficient (Wildman–Crippen LogP) is 6.17. The molecule has 1 amide bonds. The SMILES string of the molecule is CC(C)CCNC(=O)c1ccc(Cn2c(SCc3ccc(Cl)cc3)nc3ccccc3c2=O)cc1. The number of halogens is 1. The van der Waals surface area contributed by atoms with Gasteiger partial charge in [-0.2, -0.15) is 0 Å². The van der Waals surface area contributed by atoms with Crippen LogP contribution in [0.3, 0.4) is 0 Å². The molecule has 0 saturated carbocycles. The summed E-state index contributed by atoms with van der Waals surface area (Å²) in [6, 6.07) is 22.5. The first-order valence-electron chi connectivity index (χ1n) is 11.6. The molecule has 1 N–H and O–H groups in total. The minimum Gasteiger partial charge on any atom is -0.352 e. The number of nitrogens with zero attached hydrogens (tertiary/aromatic N) is 2. The van der Waals surface area contributed by atoms with Gasteiger partial charge in [0, 0.05) is 22.9 Å². The summed E-state index contributed by atoms with van der Waals surface area (Å²) in [6.07, 6.45) is 0.943. The summed E-state index contributed by atoms with van der Waals surface area (Å²) in [4.78, 5) is 30.6. The molecule has 5 nitrogen and oxygen atoms in total. The maximum atomic E-state index is 13.4. The van der Waals surface area contributed by atoms with E-state index in [1.807, 2.05) is 54.6 Å². The van der Waals surface area contributed by atoms with E-state index in [2.05, 4.69) is 19.2 Å². The number of benzene rings is 3. The van der Waals surface area contributed by atoms with Crippen molar-refractivity contribution >= 4 is 40.2 Å². The first-order valence-corrected chi connectivity index (χ1v) is 13.0. The van der Waals surface area contributed by atoms with Gasteiger partial charge in [0.1, 0.15) is 0 Å². The molecule has 0 atom stereocenters. The van der Waals surface area contributed by atoms with Gasteiger partial charge in [-0.05, 0) is 59.9 Å². The molecule has 7 heteroatoms. The monoisotopic (exact) mass is 505 g/mol. The molecule has 4 aromatic rings. The lowest BCUT2D eigenvalue weighted by Crippen LogP contribution is -2.25. The molecule has 0 spiro atoms. The highest BCUT2D eigenvalue weighted by molar-refractivity contribution is 7.98. The van der Waals surface area contributed by atoms with Crippen molar-refractivity contribution < 1.29 is 4.79 Å². The van der Waals surface area contributed by atoms with Crippen molar-refractivity contribution in [1.82, 2.24) is 14.9 Å². The molecule has 1 aromatic heterocycles. The number of para-hydroxylation sites is 1. The van der Waals surface area contributed by atoms with E-state index in [4.69, 9.17) is 16.6 Å². The van der Waals surface area contributed by atoms with Gasteiger partial charge < -0.3 is 5.32 Å². The van der Waals surface area contributed by atoms with Crippen LogP contribution in [0.15, 0.2) is 82.7 Å². The van der Waals surface area contributed by atoms with Crippen LogP contribution in [0.25, 0.3) is 10.9 Å². The molecule has 0 bridgehead atoms. The zero-order chi connectivity index (χ0) is 24.8. The molecule has 4 rings (SSSR count). The molecule has 35 heavy (non-hydrogen) atoms. The fourth-order valence-electron chi connectivity index (χ4n) is 3.65. The number of hydrogen-bond acceptors (Lipinski definition) is 4. The van der Waals surface area contributed by atoms with Crippen LogP contribution >= 0.6 is 23.4 Å². The second-order valence-electron chi connectivity index (χ2n) is 8.85. The summed E-state index contributed by atoms with van der Waals surface area (Å²) < 4.78 is 1.71. The predicted molar refractivity (Wildman–Crippen MR) is 144 cm³/mol. The van der Waals surface area contributed by atoms with E-state index in [9.17, 15) is 9.59 Å². The Balaban J connectivity index is 1.57. The Morgan fingerprint density at radius 2 is 1.69 bits per heavy atom. The van der Waals surface area contributed by atoms with E-state index in [-0.39, 0.29) is 11.5 Å². The lowest BCUT2D eigenvalue weighted by atomic mass is 10.1. The zero-order valence-electron chi connectivity index (χ0n) is 19.8. The second-order valence-corrected chi connectivity index (χ2v) is 10.2. The van der Waals surface area contributed by atoms with E-state index in [0.717, 1.165) is 17.5 Å². The summed E-state index contributed by atoms with van der Waals surface area (Å²) in [6.45, 7) is 5.29. The van der Waals surface area contributed by atoms with Crippen LogP contribution in [0, 0.1) is 5.92 Å². The molecule has 3 aromatic carbocycles. The average Bonchev–Trinajstić information content (AvgIpc) is 2.86. The van der Waals surface area contributed by atoms with Crippen molar-refractivity contribution in [3.8, 4) is 0 Å². The Bertz CT molecular complexity index is 1370. The van der Waals surface area contributed by atoms with Crippen molar-refractivity contribution in [2.24, 2.45) is 5.92 Å². The molecule has 180 valence electrons. The third kappa shape index (κ3) is 6.53. The van der Waals surface area contributed by atoms with Crippen LogP contribution < -0.4 is 10.9 Å². The Morgan fingerprint density at radius 1 is 1.00 bits per heavy atom. The van der Waals surface area contributed by atoms with Crippen LogP contribution in [0.5, 0.6) is 0 Å². The maximum absolute atomic E-state index is 13.4. The third-order valence-electron chi connectivity index (χ3n) is 5.67. The van der Waals surface area contributed by atoms with Gasteiger partial charge in [-0.1, -0.05) is 73.6 Å². The van der Waals surface area contributed by atoms with Gasteiger partial charge >= 0.3 is 0 Å². The molecule has 0 aliphatic heterocycles. The second kappa shape index (κ2) is 11.6. The Kier molecular flexibility index (Phi) is 8.26. The first kappa shape index (κ1) is 25.0. The topological polar surface area (TPSA) is 64.0 Å². The highest BCUT2D eigenvalue weighted by Gasteiger charge is 2.13. The van der Waals surface area contributed by atoms with Crippen molar-refractivity contribution in [2.75, 3.05) is 6.54 Å². The van der Waals surface area contributed by atoms with Crippen molar-refractivity contribution in [3.63, 3.8) is 0 Å². The lowest BCUT2D eigenvalue weighted by molar-refractivity contribution is 0.0952. The van der Waals surface area contributed by atoms with Gasteiger partial charge in [0.25, 0.3) is 11.5 Å². The van der Waals surface area contributed by atoms with E-state index < -0.39 is 0 Å². The number of aromatic nitrogens is 2. The number of thioether (sulfide) groups is 1. The number of amides is 1. The van der Waals surface area contributed by atoms with Gasteiger partial charge in [0.15, 0.2) is 5.16 Å². The average molecular weight is 506 g/mol. The zero-order valence-corrected chi connectivity index (χ0v) is 21.4. The van der Waals surface area contributed by atoms with Crippen LogP contribution in [-0.4, -0.2) is 22.0 Å². The molecule has 0 unspecified atom stereocenters. The van der Waals surface area contributed by atoms with Crippen LogP contribution in [0.4, 0.5) is 0 Å². The normalized spacial score (nSPS) is 11.2. The lowest BCUT2D eigenvalue weighted by Gasteiger charge is -2.14. The number of hydrogen-bond donors (Lipinski definition) is 1. The largest absolute Gasteiger partial charge is 0.352 e. The summed E-state index contributed by atoms with van der Waals surface area (Å²) in [7, 11) is 0. The van der Waals surface area contributed by atoms with E-state index in [1.54, 1.807) is 22.8 Å². The summed E-state index contributed by atoms with van der Waals surface area (Å²) in [5.41, 5.74) is 3.24. The fourth-order valence-corrected chi connectivity index (χ4v) is 4.73. The van der Waals surface area contributed by atoms with Crippen LogP contribution in [0.2, 0.25) is 5.02 Å². The van der Waals surface area contributed by atoms with Gasteiger partial charge in [-0.25, -0.2) is 4.98 Å². The minimum absolute atomic E-state index is 0.0790. The Labute approximate surface area is 214 Å². The highest BCUT2D eigenvalue weighted by Crippen LogP contribution is 2.24. The quantitative estimate of drug-likeness (QED) is 0.218. The number of carbonyl (C=O) groups is 1. The number of carbonyl (C=O) groups excluding carboxylic acids is 1. The molecule has 1 heterocycles. The number of nitrogens with one attached hydrogen (secondary N) is 1. The highest BCUT2D eigenvalue weighted by atomic mass is 35.5. The number of fused-ring (bicyclic) bond motifs is 1. The number of rotatable bonds is 9. The standard InChI is InChI=1S/C28H28ClN3O2S/c1-19(2)15-16-30-26(33)22-11-7-20(8-12-22)17-32-27(34)24-5-3-4-6-25(24)31-28(32)35-18-21-9-13-23(29)14-10-21/h3-14,19H,15-18H2,1-2H3,(H,30,33). The maximum Gasteiger partial charge on any atom is 0.262 e. The third-order valence-corrected chi connectivity index (χ3v) is 6.97. The van der Waals surface area contributed by atoms with Crippen LogP contribution in [0.1, 0.15) is 41.8 Å². The summed E-state index contributed by atoms with van der Waals surface area (Å²) in [5.74, 6) is 1.12. The summed E-state index contributed by atoms with van der Waals surface area (Å²) in [5, 5.41) is 4.89. The molecule has 0 radical (unpaired) electrons.